The molecule has 0 bridgehead atoms. The molecule has 1 aromatic heterocycles. The molecule has 3 aromatic rings. The van der Waals surface area contributed by atoms with Crippen molar-refractivity contribution in [3.63, 3.8) is 0 Å². The summed E-state index contributed by atoms with van der Waals surface area (Å²) in [7, 11) is 0. The highest BCUT2D eigenvalue weighted by Crippen LogP contribution is 2.26. The lowest BCUT2D eigenvalue weighted by atomic mass is 10.2. The average Bonchev–Trinajstić information content (AvgIpc) is 3.05. The Kier molecular flexibility index (Phi) is 4.73. The van der Waals surface area contributed by atoms with Crippen molar-refractivity contribution >= 4 is 44.3 Å². The van der Waals surface area contributed by atoms with E-state index < -0.39 is 4.92 Å². The van der Waals surface area contributed by atoms with Gasteiger partial charge in [0.05, 0.1) is 4.92 Å². The van der Waals surface area contributed by atoms with Gasteiger partial charge in [-0.05, 0) is 23.8 Å². The van der Waals surface area contributed by atoms with E-state index in [1.54, 1.807) is 12.1 Å². The van der Waals surface area contributed by atoms with Crippen molar-refractivity contribution in [3.05, 3.63) is 74.6 Å². The third kappa shape index (κ3) is 3.69. The molecule has 0 saturated heterocycles. The quantitative estimate of drug-likeness (QED) is 0.442. The van der Waals surface area contributed by atoms with E-state index in [-0.39, 0.29) is 16.6 Å². The van der Waals surface area contributed by atoms with Gasteiger partial charge in [-0.15, -0.1) is 0 Å². The Bertz CT molecular complexity index is 940. The maximum atomic E-state index is 10.8. The van der Waals surface area contributed by atoms with Crippen LogP contribution in [0.3, 0.4) is 0 Å². The van der Waals surface area contributed by atoms with E-state index >= 15 is 0 Å². The summed E-state index contributed by atoms with van der Waals surface area (Å²) in [4.78, 5) is 14.6. The number of nitro benzene ring substituents is 1. The standard InChI is InChI=1S/C16H9BrClN3O3/c17-12-5-2-4-11(9-12)15-19-16(24-20-15)14(18)8-10-3-1-6-13(7-10)21(22)23/h1-9H/b14-8-. The highest BCUT2D eigenvalue weighted by molar-refractivity contribution is 9.10. The van der Waals surface area contributed by atoms with Gasteiger partial charge in [-0.25, -0.2) is 0 Å². The van der Waals surface area contributed by atoms with E-state index in [2.05, 4.69) is 26.1 Å². The van der Waals surface area contributed by atoms with Gasteiger partial charge in [-0.3, -0.25) is 10.1 Å². The van der Waals surface area contributed by atoms with E-state index in [9.17, 15) is 10.1 Å². The molecule has 0 atom stereocenters. The van der Waals surface area contributed by atoms with Crippen molar-refractivity contribution in [2.75, 3.05) is 0 Å². The van der Waals surface area contributed by atoms with Crippen molar-refractivity contribution in [2.24, 2.45) is 0 Å². The maximum Gasteiger partial charge on any atom is 0.270 e. The van der Waals surface area contributed by atoms with Gasteiger partial charge in [0, 0.05) is 22.2 Å². The molecule has 0 fully saturated rings. The first-order valence-electron chi connectivity index (χ1n) is 6.74. The molecule has 0 radical (unpaired) electrons. The lowest BCUT2D eigenvalue weighted by molar-refractivity contribution is -0.384. The Balaban J connectivity index is 1.89. The van der Waals surface area contributed by atoms with Crippen LogP contribution >= 0.6 is 27.5 Å². The SMILES string of the molecule is O=[N+]([O-])c1cccc(/C=C(\Cl)c2nc(-c3cccc(Br)c3)no2)c1. The van der Waals surface area contributed by atoms with Crippen molar-refractivity contribution in [1.29, 1.82) is 0 Å². The second-order valence-electron chi connectivity index (χ2n) is 4.78. The van der Waals surface area contributed by atoms with Crippen molar-refractivity contribution in [1.82, 2.24) is 10.1 Å². The maximum absolute atomic E-state index is 10.8. The Morgan fingerprint density at radius 2 is 2.04 bits per heavy atom. The lowest BCUT2D eigenvalue weighted by Gasteiger charge is -1.96. The summed E-state index contributed by atoms with van der Waals surface area (Å²) >= 11 is 9.57. The molecule has 0 spiro atoms. The average molecular weight is 407 g/mol. The summed E-state index contributed by atoms with van der Waals surface area (Å²) in [5.41, 5.74) is 1.32. The van der Waals surface area contributed by atoms with Crippen molar-refractivity contribution in [2.45, 2.75) is 0 Å². The zero-order valence-corrected chi connectivity index (χ0v) is 14.4. The molecule has 0 unspecified atom stereocenters. The Hall–Kier alpha value is -2.51. The number of hydrogen-bond acceptors (Lipinski definition) is 5. The molecule has 2 aromatic carbocycles. The molecular formula is C16H9BrClN3O3. The van der Waals surface area contributed by atoms with Gasteiger partial charge in [0.15, 0.2) is 0 Å². The highest BCUT2D eigenvalue weighted by atomic mass is 79.9. The monoisotopic (exact) mass is 405 g/mol. The number of non-ortho nitro benzene ring substituents is 1. The molecule has 120 valence electrons. The third-order valence-corrected chi connectivity index (χ3v) is 3.85. The van der Waals surface area contributed by atoms with Crippen LogP contribution in [-0.2, 0) is 0 Å². The predicted molar refractivity (Wildman–Crippen MR) is 94.3 cm³/mol. The second kappa shape index (κ2) is 6.94. The van der Waals surface area contributed by atoms with E-state index in [1.165, 1.54) is 18.2 Å². The van der Waals surface area contributed by atoms with Gasteiger partial charge >= 0.3 is 0 Å². The zero-order chi connectivity index (χ0) is 17.1. The molecule has 6 nitrogen and oxygen atoms in total. The van der Waals surface area contributed by atoms with Crippen LogP contribution in [0.1, 0.15) is 11.5 Å². The van der Waals surface area contributed by atoms with Crippen molar-refractivity contribution < 1.29 is 9.45 Å². The van der Waals surface area contributed by atoms with Crippen LogP contribution < -0.4 is 0 Å². The summed E-state index contributed by atoms with van der Waals surface area (Å²) < 4.78 is 6.05. The van der Waals surface area contributed by atoms with Crippen LogP contribution in [0.5, 0.6) is 0 Å². The number of hydrogen-bond donors (Lipinski definition) is 0. The first kappa shape index (κ1) is 16.4. The molecule has 3 rings (SSSR count). The summed E-state index contributed by atoms with van der Waals surface area (Å²) in [5, 5.41) is 14.9. The minimum atomic E-state index is -0.469. The molecule has 0 saturated carbocycles. The Morgan fingerprint density at radius 1 is 1.25 bits per heavy atom. The zero-order valence-electron chi connectivity index (χ0n) is 12.0. The molecule has 8 heteroatoms. The fourth-order valence-corrected chi connectivity index (χ4v) is 2.60. The lowest BCUT2D eigenvalue weighted by Crippen LogP contribution is -1.87. The summed E-state index contributed by atoms with van der Waals surface area (Å²) in [6, 6.07) is 13.5. The van der Waals surface area contributed by atoms with Gasteiger partial charge in [0.25, 0.3) is 11.6 Å². The molecule has 0 amide bonds. The number of halogens is 2. The molecule has 1 heterocycles. The molecule has 0 N–H and O–H groups in total. The van der Waals surface area contributed by atoms with Gasteiger partial charge in [-0.2, -0.15) is 4.98 Å². The van der Waals surface area contributed by atoms with E-state index in [1.807, 2.05) is 24.3 Å². The first-order chi connectivity index (χ1) is 11.5. The number of nitro groups is 1. The summed E-state index contributed by atoms with van der Waals surface area (Å²) in [5.74, 6) is 0.537. The van der Waals surface area contributed by atoms with E-state index in [0.717, 1.165) is 10.0 Å². The Labute approximate surface area is 150 Å². The fourth-order valence-electron chi connectivity index (χ4n) is 2.00. The molecule has 0 aliphatic heterocycles. The predicted octanol–water partition coefficient (Wildman–Crippen LogP) is 5.14. The third-order valence-electron chi connectivity index (χ3n) is 3.09. The van der Waals surface area contributed by atoms with Crippen LogP contribution in [0, 0.1) is 10.1 Å². The minimum Gasteiger partial charge on any atom is -0.333 e. The van der Waals surface area contributed by atoms with Crippen molar-refractivity contribution in [3.8, 4) is 11.4 Å². The number of benzene rings is 2. The Morgan fingerprint density at radius 3 is 2.79 bits per heavy atom. The first-order valence-corrected chi connectivity index (χ1v) is 7.92. The van der Waals surface area contributed by atoms with E-state index in [0.29, 0.717) is 11.4 Å². The van der Waals surface area contributed by atoms with Crippen LogP contribution in [0.25, 0.3) is 22.5 Å². The second-order valence-corrected chi connectivity index (χ2v) is 6.10. The molecule has 0 aliphatic carbocycles. The smallest absolute Gasteiger partial charge is 0.270 e. The van der Waals surface area contributed by atoms with Crippen LogP contribution in [0.15, 0.2) is 57.5 Å². The number of aromatic nitrogens is 2. The normalized spacial score (nSPS) is 11.5. The molecule has 24 heavy (non-hydrogen) atoms. The highest BCUT2D eigenvalue weighted by Gasteiger charge is 2.12. The van der Waals surface area contributed by atoms with Gasteiger partial charge in [-0.1, -0.05) is 57.0 Å². The fraction of sp³-hybridized carbons (Fsp3) is 0. The topological polar surface area (TPSA) is 82.1 Å². The summed E-state index contributed by atoms with van der Waals surface area (Å²) in [6.45, 7) is 0. The number of nitrogens with zero attached hydrogens (tertiary/aromatic N) is 3. The van der Waals surface area contributed by atoms with Gasteiger partial charge in [0.2, 0.25) is 5.82 Å². The van der Waals surface area contributed by atoms with Crippen LogP contribution in [0.4, 0.5) is 5.69 Å². The van der Waals surface area contributed by atoms with Gasteiger partial charge in [0.1, 0.15) is 5.03 Å². The van der Waals surface area contributed by atoms with E-state index in [4.69, 9.17) is 16.1 Å². The molecule has 0 aliphatic rings. The molecular weight excluding hydrogens is 398 g/mol. The largest absolute Gasteiger partial charge is 0.333 e. The summed E-state index contributed by atoms with van der Waals surface area (Å²) in [6.07, 6.45) is 1.53. The van der Waals surface area contributed by atoms with Crippen LogP contribution in [-0.4, -0.2) is 15.1 Å². The minimum absolute atomic E-state index is 0.0198. The van der Waals surface area contributed by atoms with Gasteiger partial charge < -0.3 is 4.52 Å². The number of rotatable bonds is 4. The van der Waals surface area contributed by atoms with Crippen LogP contribution in [0.2, 0.25) is 0 Å².